The van der Waals surface area contributed by atoms with E-state index in [0.29, 0.717) is 21.9 Å². The van der Waals surface area contributed by atoms with Gasteiger partial charge < -0.3 is 8.98 Å². The fraction of sp³-hybridized carbons (Fsp3) is 0.333. The third-order valence-corrected chi connectivity index (χ3v) is 5.03. The van der Waals surface area contributed by atoms with E-state index in [9.17, 15) is 9.59 Å². The SMILES string of the molecule is CCCCCc1c(Br)c(=O)oc2c1c(=O)n(C)c1ccccc21. The summed E-state index contributed by atoms with van der Waals surface area (Å²) < 4.78 is 7.46. The molecule has 0 bridgehead atoms. The number of unbranched alkanes of at least 4 members (excludes halogenated alkanes) is 2. The maximum absolute atomic E-state index is 12.8. The Bertz CT molecular complexity index is 1000. The molecule has 0 aliphatic carbocycles. The van der Waals surface area contributed by atoms with E-state index in [1.165, 1.54) is 0 Å². The summed E-state index contributed by atoms with van der Waals surface area (Å²) in [6.07, 6.45) is 3.76. The number of nitrogens with zero attached hydrogens (tertiary/aromatic N) is 1. The van der Waals surface area contributed by atoms with E-state index in [4.69, 9.17) is 4.42 Å². The van der Waals surface area contributed by atoms with Gasteiger partial charge >= 0.3 is 5.63 Å². The van der Waals surface area contributed by atoms with Crippen LogP contribution in [0.15, 0.2) is 42.7 Å². The quantitative estimate of drug-likeness (QED) is 0.508. The van der Waals surface area contributed by atoms with E-state index >= 15 is 0 Å². The standard InChI is InChI=1S/C18H18BrNO3/c1-3-4-5-9-12-14-16(23-18(22)15(12)19)11-8-6-7-10-13(11)20(2)17(14)21/h6-8,10H,3-5,9H2,1-2H3. The molecule has 0 radical (unpaired) electrons. The smallest absolute Gasteiger partial charge is 0.350 e. The van der Waals surface area contributed by atoms with Crippen LogP contribution in [-0.4, -0.2) is 4.57 Å². The monoisotopic (exact) mass is 375 g/mol. The van der Waals surface area contributed by atoms with Crippen molar-refractivity contribution in [1.82, 2.24) is 4.57 Å². The average Bonchev–Trinajstić information content (AvgIpc) is 2.56. The summed E-state index contributed by atoms with van der Waals surface area (Å²) in [5.41, 5.74) is 1.35. The Morgan fingerprint density at radius 1 is 1.17 bits per heavy atom. The molecule has 0 saturated carbocycles. The van der Waals surface area contributed by atoms with Crippen LogP contribution in [0.1, 0.15) is 31.7 Å². The fourth-order valence-corrected chi connectivity index (χ4v) is 3.47. The summed E-state index contributed by atoms with van der Waals surface area (Å²) in [6, 6.07) is 7.48. The van der Waals surface area contributed by atoms with Gasteiger partial charge in [-0.2, -0.15) is 0 Å². The van der Waals surface area contributed by atoms with Crippen LogP contribution in [-0.2, 0) is 13.5 Å². The number of aryl methyl sites for hydroxylation is 2. The molecule has 0 unspecified atom stereocenters. The molecule has 0 saturated heterocycles. The van der Waals surface area contributed by atoms with Crippen molar-refractivity contribution in [2.45, 2.75) is 32.6 Å². The van der Waals surface area contributed by atoms with E-state index in [1.54, 1.807) is 11.6 Å². The zero-order valence-electron chi connectivity index (χ0n) is 13.2. The lowest BCUT2D eigenvalue weighted by Crippen LogP contribution is -2.21. The van der Waals surface area contributed by atoms with Gasteiger partial charge in [0.25, 0.3) is 5.56 Å². The first-order chi connectivity index (χ1) is 11.1. The number of pyridine rings is 1. The van der Waals surface area contributed by atoms with Crippen molar-refractivity contribution >= 4 is 37.8 Å². The molecular formula is C18H18BrNO3. The molecule has 0 spiro atoms. The van der Waals surface area contributed by atoms with Crippen molar-refractivity contribution in [2.24, 2.45) is 7.05 Å². The second-order valence-corrected chi connectivity index (χ2v) is 6.52. The second-order valence-electron chi connectivity index (χ2n) is 5.72. The molecule has 0 aliphatic rings. The van der Waals surface area contributed by atoms with E-state index in [-0.39, 0.29) is 5.56 Å². The van der Waals surface area contributed by atoms with Crippen LogP contribution in [0.4, 0.5) is 0 Å². The van der Waals surface area contributed by atoms with Gasteiger partial charge in [-0.1, -0.05) is 31.9 Å². The molecule has 2 heterocycles. The van der Waals surface area contributed by atoms with Gasteiger partial charge in [0.1, 0.15) is 4.47 Å². The Kier molecular flexibility index (Phi) is 4.39. The van der Waals surface area contributed by atoms with Gasteiger partial charge in [-0.3, -0.25) is 4.79 Å². The highest BCUT2D eigenvalue weighted by molar-refractivity contribution is 9.10. The van der Waals surface area contributed by atoms with Crippen molar-refractivity contribution in [3.8, 4) is 0 Å². The summed E-state index contributed by atoms with van der Waals surface area (Å²) in [5.74, 6) is 0. The lowest BCUT2D eigenvalue weighted by atomic mass is 10.0. The minimum absolute atomic E-state index is 0.130. The van der Waals surface area contributed by atoms with Gasteiger partial charge in [0.15, 0.2) is 5.58 Å². The Morgan fingerprint density at radius 3 is 2.65 bits per heavy atom. The summed E-state index contributed by atoms with van der Waals surface area (Å²) in [6.45, 7) is 2.12. The Hall–Kier alpha value is -1.88. The van der Waals surface area contributed by atoms with E-state index < -0.39 is 5.63 Å². The number of aromatic nitrogens is 1. The molecule has 23 heavy (non-hydrogen) atoms. The molecule has 0 aliphatic heterocycles. The molecule has 1 aromatic carbocycles. The van der Waals surface area contributed by atoms with Crippen LogP contribution < -0.4 is 11.2 Å². The third kappa shape index (κ3) is 2.63. The molecular weight excluding hydrogens is 358 g/mol. The van der Waals surface area contributed by atoms with E-state index in [1.807, 2.05) is 24.3 Å². The molecule has 3 aromatic rings. The van der Waals surface area contributed by atoms with Crippen LogP contribution in [0.5, 0.6) is 0 Å². The number of hydrogen-bond acceptors (Lipinski definition) is 3. The first-order valence-electron chi connectivity index (χ1n) is 7.79. The van der Waals surface area contributed by atoms with Crippen LogP contribution in [0.25, 0.3) is 21.9 Å². The lowest BCUT2D eigenvalue weighted by Gasteiger charge is -2.12. The normalized spacial score (nSPS) is 11.4. The molecule has 0 atom stereocenters. The van der Waals surface area contributed by atoms with Gasteiger partial charge in [-0.15, -0.1) is 0 Å². The van der Waals surface area contributed by atoms with Gasteiger partial charge in [0, 0.05) is 12.4 Å². The molecule has 0 N–H and O–H groups in total. The van der Waals surface area contributed by atoms with Gasteiger partial charge in [0.05, 0.1) is 10.9 Å². The van der Waals surface area contributed by atoms with E-state index in [0.717, 1.165) is 35.7 Å². The Morgan fingerprint density at radius 2 is 1.91 bits per heavy atom. The molecule has 120 valence electrons. The predicted molar refractivity (Wildman–Crippen MR) is 96.2 cm³/mol. The Balaban J connectivity index is 2.45. The second kappa shape index (κ2) is 6.32. The molecule has 3 rings (SSSR count). The Labute approximate surface area is 141 Å². The molecule has 4 nitrogen and oxygen atoms in total. The third-order valence-electron chi connectivity index (χ3n) is 4.23. The maximum atomic E-state index is 12.8. The van der Waals surface area contributed by atoms with Crippen molar-refractivity contribution in [2.75, 3.05) is 0 Å². The van der Waals surface area contributed by atoms with Crippen molar-refractivity contribution in [1.29, 1.82) is 0 Å². The number of fused-ring (bicyclic) bond motifs is 3. The summed E-state index contributed by atoms with van der Waals surface area (Å²) in [7, 11) is 1.75. The van der Waals surface area contributed by atoms with Gasteiger partial charge in [-0.25, -0.2) is 4.79 Å². The number of para-hydroxylation sites is 1. The van der Waals surface area contributed by atoms with Crippen LogP contribution in [0, 0.1) is 0 Å². The number of hydrogen-bond donors (Lipinski definition) is 0. The summed E-state index contributed by atoms with van der Waals surface area (Å²) in [5, 5.41) is 1.29. The summed E-state index contributed by atoms with van der Waals surface area (Å²) in [4.78, 5) is 25.0. The number of halogens is 1. The number of benzene rings is 1. The average molecular weight is 376 g/mol. The highest BCUT2D eigenvalue weighted by Crippen LogP contribution is 2.28. The first-order valence-corrected chi connectivity index (χ1v) is 8.58. The maximum Gasteiger partial charge on any atom is 0.350 e. The van der Waals surface area contributed by atoms with Crippen molar-refractivity contribution in [3.05, 3.63) is 55.1 Å². The zero-order chi connectivity index (χ0) is 16.6. The van der Waals surface area contributed by atoms with Crippen molar-refractivity contribution in [3.63, 3.8) is 0 Å². The minimum Gasteiger partial charge on any atom is -0.421 e. The lowest BCUT2D eigenvalue weighted by molar-refractivity contribution is 0.554. The topological polar surface area (TPSA) is 52.2 Å². The fourth-order valence-electron chi connectivity index (χ4n) is 3.00. The highest BCUT2D eigenvalue weighted by Gasteiger charge is 2.19. The van der Waals surface area contributed by atoms with Crippen LogP contribution in [0.2, 0.25) is 0 Å². The van der Waals surface area contributed by atoms with Crippen LogP contribution in [0.3, 0.4) is 0 Å². The highest BCUT2D eigenvalue weighted by atomic mass is 79.9. The largest absolute Gasteiger partial charge is 0.421 e. The molecule has 2 aromatic heterocycles. The van der Waals surface area contributed by atoms with Crippen molar-refractivity contribution < 1.29 is 4.42 Å². The minimum atomic E-state index is -0.428. The molecule has 0 amide bonds. The predicted octanol–water partition coefficient (Wildman–Crippen LogP) is 4.14. The zero-order valence-corrected chi connectivity index (χ0v) is 14.8. The molecule has 5 heteroatoms. The van der Waals surface area contributed by atoms with Gasteiger partial charge in [-0.05, 0) is 46.5 Å². The number of rotatable bonds is 4. The molecule has 0 fully saturated rings. The van der Waals surface area contributed by atoms with Crippen LogP contribution >= 0.6 is 15.9 Å². The van der Waals surface area contributed by atoms with Gasteiger partial charge in [0.2, 0.25) is 0 Å². The summed E-state index contributed by atoms with van der Waals surface area (Å²) >= 11 is 3.32. The first kappa shape index (κ1) is 16.0. The van der Waals surface area contributed by atoms with E-state index in [2.05, 4.69) is 22.9 Å².